The SMILES string of the molecule is CCCCCCNC(=O)[C@@H](C)NS(=O)(=O)c1ccc(C)cc1. The average Bonchev–Trinajstić information content (AvgIpc) is 2.46. The Hall–Kier alpha value is -1.40. The zero-order valence-electron chi connectivity index (χ0n) is 13.6. The molecule has 0 spiro atoms. The summed E-state index contributed by atoms with van der Waals surface area (Å²) in [4.78, 5) is 12.1. The Bertz CT molecular complexity index is 568. The molecule has 2 N–H and O–H groups in total. The van der Waals surface area contributed by atoms with Gasteiger partial charge in [-0.3, -0.25) is 4.79 Å². The molecule has 0 bridgehead atoms. The first kappa shape index (κ1) is 18.6. The summed E-state index contributed by atoms with van der Waals surface area (Å²) in [5.41, 5.74) is 0.983. The first-order chi connectivity index (χ1) is 10.4. The first-order valence-electron chi connectivity index (χ1n) is 7.73. The largest absolute Gasteiger partial charge is 0.355 e. The molecule has 6 heteroatoms. The highest BCUT2D eigenvalue weighted by Crippen LogP contribution is 2.10. The zero-order chi connectivity index (χ0) is 16.6. The van der Waals surface area contributed by atoms with Crippen LogP contribution in [0.25, 0.3) is 0 Å². The molecule has 22 heavy (non-hydrogen) atoms. The van der Waals surface area contributed by atoms with Gasteiger partial charge in [-0.1, -0.05) is 43.9 Å². The quantitative estimate of drug-likeness (QED) is 0.684. The number of nitrogens with one attached hydrogen (secondary N) is 2. The zero-order valence-corrected chi connectivity index (χ0v) is 14.4. The number of carbonyl (C=O) groups is 1. The lowest BCUT2D eigenvalue weighted by atomic mass is 10.2. The van der Waals surface area contributed by atoms with Gasteiger partial charge in [-0.15, -0.1) is 0 Å². The maximum Gasteiger partial charge on any atom is 0.241 e. The van der Waals surface area contributed by atoms with E-state index >= 15 is 0 Å². The third-order valence-corrected chi connectivity index (χ3v) is 4.94. The number of amides is 1. The first-order valence-corrected chi connectivity index (χ1v) is 9.22. The summed E-state index contributed by atoms with van der Waals surface area (Å²) < 4.78 is 26.8. The van der Waals surface area contributed by atoms with Gasteiger partial charge in [0.1, 0.15) is 0 Å². The second-order valence-corrected chi connectivity index (χ2v) is 7.22. The van der Waals surface area contributed by atoms with Gasteiger partial charge in [0.25, 0.3) is 0 Å². The van der Waals surface area contributed by atoms with Gasteiger partial charge < -0.3 is 5.32 Å². The van der Waals surface area contributed by atoms with Crippen LogP contribution in [-0.4, -0.2) is 26.9 Å². The van der Waals surface area contributed by atoms with Crippen LogP contribution in [0.15, 0.2) is 29.2 Å². The molecule has 124 valence electrons. The van der Waals surface area contributed by atoms with E-state index in [9.17, 15) is 13.2 Å². The number of benzene rings is 1. The molecular weight excluding hydrogens is 300 g/mol. The van der Waals surface area contributed by atoms with Crippen LogP contribution < -0.4 is 10.0 Å². The van der Waals surface area contributed by atoms with E-state index < -0.39 is 16.1 Å². The highest BCUT2D eigenvalue weighted by atomic mass is 32.2. The number of carbonyl (C=O) groups excluding carboxylic acids is 1. The van der Waals surface area contributed by atoms with E-state index in [0.29, 0.717) is 6.54 Å². The van der Waals surface area contributed by atoms with Gasteiger partial charge in [-0.05, 0) is 32.4 Å². The standard InChI is InChI=1S/C16H26N2O3S/c1-4-5-6-7-12-17-16(19)14(3)18-22(20,21)15-10-8-13(2)9-11-15/h8-11,14,18H,4-7,12H2,1-3H3,(H,17,19)/t14-/m1/s1. The fourth-order valence-corrected chi connectivity index (χ4v) is 3.19. The van der Waals surface area contributed by atoms with E-state index in [4.69, 9.17) is 0 Å². The van der Waals surface area contributed by atoms with Gasteiger partial charge in [0, 0.05) is 6.54 Å². The van der Waals surface area contributed by atoms with Crippen molar-refractivity contribution in [2.45, 2.75) is 57.4 Å². The third-order valence-electron chi connectivity index (χ3n) is 3.39. The van der Waals surface area contributed by atoms with E-state index in [1.54, 1.807) is 19.1 Å². The van der Waals surface area contributed by atoms with Gasteiger partial charge in [-0.25, -0.2) is 8.42 Å². The molecule has 1 amide bonds. The Kier molecular flexibility index (Phi) is 7.55. The van der Waals surface area contributed by atoms with Crippen LogP contribution in [0.1, 0.15) is 45.1 Å². The van der Waals surface area contributed by atoms with E-state index in [1.807, 2.05) is 6.92 Å². The number of sulfonamides is 1. The van der Waals surface area contributed by atoms with Gasteiger partial charge in [0.05, 0.1) is 10.9 Å². The van der Waals surface area contributed by atoms with Crippen molar-refractivity contribution in [3.05, 3.63) is 29.8 Å². The number of unbranched alkanes of at least 4 members (excludes halogenated alkanes) is 3. The Morgan fingerprint density at radius 2 is 1.77 bits per heavy atom. The maximum absolute atomic E-state index is 12.2. The van der Waals surface area contributed by atoms with Crippen molar-refractivity contribution in [2.24, 2.45) is 0 Å². The molecule has 1 atom stereocenters. The summed E-state index contributed by atoms with van der Waals surface area (Å²) in [5.74, 6) is -0.299. The van der Waals surface area contributed by atoms with Crippen LogP contribution in [0.2, 0.25) is 0 Å². The molecule has 0 unspecified atom stereocenters. The predicted molar refractivity (Wildman–Crippen MR) is 88.1 cm³/mol. The van der Waals surface area contributed by atoms with Crippen molar-refractivity contribution in [3.8, 4) is 0 Å². The summed E-state index contributed by atoms with van der Waals surface area (Å²) in [5, 5.41) is 2.76. The molecule has 0 aliphatic heterocycles. The highest BCUT2D eigenvalue weighted by molar-refractivity contribution is 7.89. The molecule has 0 fully saturated rings. The Balaban J connectivity index is 2.50. The molecule has 0 aliphatic rings. The molecule has 5 nitrogen and oxygen atoms in total. The predicted octanol–water partition coefficient (Wildman–Crippen LogP) is 2.36. The van der Waals surface area contributed by atoms with Crippen molar-refractivity contribution in [1.29, 1.82) is 0 Å². The molecule has 0 saturated heterocycles. The number of hydrogen-bond donors (Lipinski definition) is 2. The minimum absolute atomic E-state index is 0.167. The normalized spacial score (nSPS) is 12.9. The minimum Gasteiger partial charge on any atom is -0.355 e. The van der Waals surface area contributed by atoms with E-state index in [0.717, 1.165) is 31.2 Å². The van der Waals surface area contributed by atoms with Crippen LogP contribution in [0, 0.1) is 6.92 Å². The van der Waals surface area contributed by atoms with E-state index in [1.165, 1.54) is 12.1 Å². The Morgan fingerprint density at radius 1 is 1.14 bits per heavy atom. The maximum atomic E-state index is 12.2. The van der Waals surface area contributed by atoms with Crippen molar-refractivity contribution >= 4 is 15.9 Å². The lowest BCUT2D eigenvalue weighted by Gasteiger charge is -2.14. The number of rotatable bonds is 9. The second kappa shape index (κ2) is 8.90. The number of aryl methyl sites for hydroxylation is 1. The summed E-state index contributed by atoms with van der Waals surface area (Å²) in [6, 6.07) is 5.73. The Labute approximate surface area is 133 Å². The average molecular weight is 326 g/mol. The molecule has 0 heterocycles. The van der Waals surface area contributed by atoms with Crippen LogP contribution in [0.3, 0.4) is 0 Å². The van der Waals surface area contributed by atoms with Crippen LogP contribution in [0.4, 0.5) is 0 Å². The van der Waals surface area contributed by atoms with Gasteiger partial charge in [0.15, 0.2) is 0 Å². The van der Waals surface area contributed by atoms with Crippen LogP contribution in [-0.2, 0) is 14.8 Å². The van der Waals surface area contributed by atoms with Crippen LogP contribution >= 0.6 is 0 Å². The fourth-order valence-electron chi connectivity index (χ4n) is 1.99. The van der Waals surface area contributed by atoms with Crippen LogP contribution in [0.5, 0.6) is 0 Å². The Morgan fingerprint density at radius 3 is 2.36 bits per heavy atom. The molecule has 0 saturated carbocycles. The van der Waals surface area contributed by atoms with Crippen molar-refractivity contribution in [1.82, 2.24) is 10.0 Å². The molecule has 1 aromatic carbocycles. The third kappa shape index (κ3) is 6.15. The lowest BCUT2D eigenvalue weighted by Crippen LogP contribution is -2.44. The summed E-state index contributed by atoms with van der Waals surface area (Å²) in [6.45, 7) is 6.14. The summed E-state index contributed by atoms with van der Waals surface area (Å²) >= 11 is 0. The van der Waals surface area contributed by atoms with Crippen molar-refractivity contribution in [2.75, 3.05) is 6.54 Å². The minimum atomic E-state index is -3.67. The van der Waals surface area contributed by atoms with Gasteiger partial charge in [0.2, 0.25) is 15.9 Å². The molecule has 0 radical (unpaired) electrons. The number of hydrogen-bond acceptors (Lipinski definition) is 3. The smallest absolute Gasteiger partial charge is 0.241 e. The fraction of sp³-hybridized carbons (Fsp3) is 0.562. The topological polar surface area (TPSA) is 75.3 Å². The lowest BCUT2D eigenvalue weighted by molar-refractivity contribution is -0.122. The van der Waals surface area contributed by atoms with Gasteiger partial charge >= 0.3 is 0 Å². The van der Waals surface area contributed by atoms with Gasteiger partial charge in [-0.2, -0.15) is 4.72 Å². The summed E-state index contributed by atoms with van der Waals surface area (Å²) in [7, 11) is -3.67. The second-order valence-electron chi connectivity index (χ2n) is 5.51. The molecule has 1 aromatic rings. The van der Waals surface area contributed by atoms with E-state index in [2.05, 4.69) is 17.0 Å². The van der Waals surface area contributed by atoms with Crippen molar-refractivity contribution in [3.63, 3.8) is 0 Å². The molecule has 0 aromatic heterocycles. The van der Waals surface area contributed by atoms with Crippen molar-refractivity contribution < 1.29 is 13.2 Å². The monoisotopic (exact) mass is 326 g/mol. The molecule has 1 rings (SSSR count). The summed E-state index contributed by atoms with van der Waals surface area (Å²) in [6.07, 6.45) is 4.27. The highest BCUT2D eigenvalue weighted by Gasteiger charge is 2.21. The molecular formula is C16H26N2O3S. The van der Waals surface area contributed by atoms with E-state index in [-0.39, 0.29) is 10.8 Å². The molecule has 0 aliphatic carbocycles.